The van der Waals surface area contributed by atoms with E-state index >= 15 is 0 Å². The van der Waals surface area contributed by atoms with Crippen LogP contribution < -0.4 is 5.48 Å². The first kappa shape index (κ1) is 12.5. The van der Waals surface area contributed by atoms with Gasteiger partial charge in [0.05, 0.1) is 20.3 Å². The summed E-state index contributed by atoms with van der Waals surface area (Å²) >= 11 is 0. The van der Waals surface area contributed by atoms with Crippen LogP contribution in [0.25, 0.3) is 0 Å². The first-order valence-electron chi connectivity index (χ1n) is 6.02. The van der Waals surface area contributed by atoms with Gasteiger partial charge in [-0.25, -0.2) is 0 Å². The van der Waals surface area contributed by atoms with Crippen molar-refractivity contribution in [2.75, 3.05) is 33.4 Å². The lowest BCUT2D eigenvalue weighted by atomic mass is 10.1. The smallest absolute Gasteiger partial charge is 0.0594 e. The van der Waals surface area contributed by atoms with Crippen molar-refractivity contribution in [1.29, 1.82) is 0 Å². The van der Waals surface area contributed by atoms with Crippen LogP contribution in [0.5, 0.6) is 0 Å². The summed E-state index contributed by atoms with van der Waals surface area (Å²) in [7, 11) is 1.63. The van der Waals surface area contributed by atoms with Gasteiger partial charge in [0.1, 0.15) is 0 Å². The molecule has 0 aromatic heterocycles. The summed E-state index contributed by atoms with van der Waals surface area (Å²) in [6, 6.07) is 8.65. The number of hydrogen-bond donors (Lipinski definition) is 1. The molecule has 0 spiro atoms. The molecule has 0 atom stereocenters. The molecule has 0 amide bonds. The fourth-order valence-electron chi connectivity index (χ4n) is 1.94. The summed E-state index contributed by atoms with van der Waals surface area (Å²) in [5, 5.41) is 0. The van der Waals surface area contributed by atoms with Gasteiger partial charge in [0.2, 0.25) is 0 Å². The van der Waals surface area contributed by atoms with Crippen molar-refractivity contribution < 1.29 is 9.57 Å². The van der Waals surface area contributed by atoms with Gasteiger partial charge in [-0.3, -0.25) is 4.90 Å². The fourth-order valence-corrected chi connectivity index (χ4v) is 1.94. The van der Waals surface area contributed by atoms with E-state index in [1.165, 1.54) is 11.1 Å². The number of nitrogens with zero attached hydrogens (tertiary/aromatic N) is 1. The Morgan fingerprint density at radius 3 is 2.47 bits per heavy atom. The number of benzene rings is 1. The van der Waals surface area contributed by atoms with E-state index in [2.05, 4.69) is 34.6 Å². The molecule has 4 nitrogen and oxygen atoms in total. The van der Waals surface area contributed by atoms with E-state index in [1.807, 2.05) is 0 Å². The predicted molar refractivity (Wildman–Crippen MR) is 66.4 cm³/mol. The Hall–Kier alpha value is -0.940. The molecule has 1 aromatic rings. The summed E-state index contributed by atoms with van der Waals surface area (Å²) in [5.41, 5.74) is 5.43. The van der Waals surface area contributed by atoms with E-state index in [-0.39, 0.29) is 0 Å². The van der Waals surface area contributed by atoms with E-state index in [0.29, 0.717) is 0 Å². The van der Waals surface area contributed by atoms with Gasteiger partial charge in [-0.1, -0.05) is 24.3 Å². The molecule has 1 saturated heterocycles. The van der Waals surface area contributed by atoms with Crippen molar-refractivity contribution in [1.82, 2.24) is 10.4 Å². The lowest BCUT2D eigenvalue weighted by Gasteiger charge is -2.26. The molecule has 0 saturated carbocycles. The number of hydroxylamine groups is 1. The Balaban J connectivity index is 1.84. The monoisotopic (exact) mass is 236 g/mol. The maximum Gasteiger partial charge on any atom is 0.0594 e. The van der Waals surface area contributed by atoms with Crippen LogP contribution >= 0.6 is 0 Å². The summed E-state index contributed by atoms with van der Waals surface area (Å²) < 4.78 is 5.34. The highest BCUT2D eigenvalue weighted by molar-refractivity contribution is 5.22. The second-order valence-corrected chi connectivity index (χ2v) is 4.23. The normalized spacial score (nSPS) is 17.2. The molecule has 1 aliphatic heterocycles. The summed E-state index contributed by atoms with van der Waals surface area (Å²) in [4.78, 5) is 7.25. The molecule has 17 heavy (non-hydrogen) atoms. The van der Waals surface area contributed by atoms with Gasteiger partial charge in [-0.2, -0.15) is 5.48 Å². The number of nitrogens with one attached hydrogen (secondary N) is 1. The van der Waals surface area contributed by atoms with Gasteiger partial charge in [0.25, 0.3) is 0 Å². The summed E-state index contributed by atoms with van der Waals surface area (Å²) in [5.74, 6) is 0. The van der Waals surface area contributed by atoms with Gasteiger partial charge < -0.3 is 9.57 Å². The Morgan fingerprint density at radius 1 is 1.18 bits per heavy atom. The van der Waals surface area contributed by atoms with Gasteiger partial charge in [0, 0.05) is 26.2 Å². The number of rotatable bonds is 5. The van der Waals surface area contributed by atoms with Crippen molar-refractivity contribution >= 4 is 0 Å². The van der Waals surface area contributed by atoms with Crippen LogP contribution in [0.4, 0.5) is 0 Å². The molecular weight excluding hydrogens is 216 g/mol. The van der Waals surface area contributed by atoms with Crippen molar-refractivity contribution in [2.24, 2.45) is 0 Å². The van der Waals surface area contributed by atoms with Crippen LogP contribution in [0.15, 0.2) is 24.3 Å². The maximum absolute atomic E-state index is 5.34. The SMILES string of the molecule is CONCc1ccc(CN2CCOCC2)cc1. The molecule has 1 aromatic carbocycles. The third-order valence-electron chi connectivity index (χ3n) is 2.95. The second kappa shape index (κ2) is 6.71. The zero-order chi connectivity index (χ0) is 11.9. The van der Waals surface area contributed by atoms with Crippen LogP contribution in [-0.4, -0.2) is 38.3 Å². The highest BCUT2D eigenvalue weighted by atomic mass is 16.6. The molecule has 4 heteroatoms. The standard InChI is InChI=1S/C13H20N2O2/c1-16-14-10-12-2-4-13(5-3-12)11-15-6-8-17-9-7-15/h2-5,14H,6-11H2,1H3. The fraction of sp³-hybridized carbons (Fsp3) is 0.538. The molecule has 0 aliphatic carbocycles. The molecule has 0 unspecified atom stereocenters. The average molecular weight is 236 g/mol. The Bertz CT molecular complexity index is 321. The van der Waals surface area contributed by atoms with Crippen molar-refractivity contribution in [2.45, 2.75) is 13.1 Å². The van der Waals surface area contributed by atoms with Crippen LogP contribution in [-0.2, 0) is 22.7 Å². The molecular formula is C13H20N2O2. The Kier molecular flexibility index (Phi) is 4.94. The van der Waals surface area contributed by atoms with Crippen LogP contribution in [0.3, 0.4) is 0 Å². The lowest BCUT2D eigenvalue weighted by molar-refractivity contribution is 0.0342. The predicted octanol–water partition coefficient (Wildman–Crippen LogP) is 1.17. The van der Waals surface area contributed by atoms with Crippen molar-refractivity contribution in [3.8, 4) is 0 Å². The molecule has 94 valence electrons. The third kappa shape index (κ3) is 4.09. The van der Waals surface area contributed by atoms with Gasteiger partial charge in [-0.05, 0) is 11.1 Å². The molecule has 1 fully saturated rings. The quantitative estimate of drug-likeness (QED) is 0.778. The van der Waals surface area contributed by atoms with Gasteiger partial charge in [0.15, 0.2) is 0 Å². The topological polar surface area (TPSA) is 33.7 Å². The molecule has 0 radical (unpaired) electrons. The minimum atomic E-state index is 0.744. The highest BCUT2D eigenvalue weighted by Crippen LogP contribution is 2.09. The summed E-state index contributed by atoms with van der Waals surface area (Å²) in [6.07, 6.45) is 0. The molecule has 0 bridgehead atoms. The van der Waals surface area contributed by atoms with Gasteiger partial charge >= 0.3 is 0 Å². The van der Waals surface area contributed by atoms with E-state index in [0.717, 1.165) is 39.4 Å². The average Bonchev–Trinajstić information content (AvgIpc) is 2.39. The number of ether oxygens (including phenoxy) is 1. The zero-order valence-corrected chi connectivity index (χ0v) is 10.3. The summed E-state index contributed by atoms with van der Waals surface area (Å²) in [6.45, 7) is 5.54. The minimum Gasteiger partial charge on any atom is -0.379 e. The third-order valence-corrected chi connectivity index (χ3v) is 2.95. The highest BCUT2D eigenvalue weighted by Gasteiger charge is 2.10. The molecule has 2 rings (SSSR count). The molecule has 1 aliphatic rings. The minimum absolute atomic E-state index is 0.744. The second-order valence-electron chi connectivity index (χ2n) is 4.23. The van der Waals surface area contributed by atoms with Crippen LogP contribution in [0, 0.1) is 0 Å². The molecule has 1 N–H and O–H groups in total. The first-order valence-corrected chi connectivity index (χ1v) is 6.02. The van der Waals surface area contributed by atoms with E-state index in [4.69, 9.17) is 9.57 Å². The number of morpholine rings is 1. The maximum atomic E-state index is 5.34. The van der Waals surface area contributed by atoms with E-state index < -0.39 is 0 Å². The largest absolute Gasteiger partial charge is 0.379 e. The number of hydrogen-bond acceptors (Lipinski definition) is 4. The van der Waals surface area contributed by atoms with E-state index in [9.17, 15) is 0 Å². The van der Waals surface area contributed by atoms with Crippen molar-refractivity contribution in [3.63, 3.8) is 0 Å². The van der Waals surface area contributed by atoms with E-state index in [1.54, 1.807) is 7.11 Å². The lowest BCUT2D eigenvalue weighted by Crippen LogP contribution is -2.35. The van der Waals surface area contributed by atoms with Gasteiger partial charge in [-0.15, -0.1) is 0 Å². The first-order chi connectivity index (χ1) is 8.38. The zero-order valence-electron chi connectivity index (χ0n) is 10.3. The Morgan fingerprint density at radius 2 is 1.82 bits per heavy atom. The van der Waals surface area contributed by atoms with Crippen molar-refractivity contribution in [3.05, 3.63) is 35.4 Å². The Labute approximate surface area is 102 Å². The molecule has 1 heterocycles. The van der Waals surface area contributed by atoms with Crippen LogP contribution in [0.2, 0.25) is 0 Å². The van der Waals surface area contributed by atoms with Crippen LogP contribution in [0.1, 0.15) is 11.1 Å².